The summed E-state index contributed by atoms with van der Waals surface area (Å²) >= 11 is 0. The number of nitrogens with one attached hydrogen (secondary N) is 1. The normalized spacial score (nSPS) is 10.7. The van der Waals surface area contributed by atoms with E-state index < -0.39 is 5.82 Å². The van der Waals surface area contributed by atoms with Crippen molar-refractivity contribution >= 4 is 11.6 Å². The largest absolute Gasteiger partial charge is 0.494 e. The summed E-state index contributed by atoms with van der Waals surface area (Å²) in [4.78, 5) is 12.8. The van der Waals surface area contributed by atoms with Crippen molar-refractivity contribution in [3.05, 3.63) is 72.7 Å². The Bertz CT molecular complexity index is 1110. The van der Waals surface area contributed by atoms with Gasteiger partial charge >= 0.3 is 0 Å². The third-order valence-corrected chi connectivity index (χ3v) is 4.10. The van der Waals surface area contributed by atoms with Crippen molar-refractivity contribution in [1.29, 1.82) is 0 Å². The number of halogens is 1. The van der Waals surface area contributed by atoms with Crippen LogP contribution in [0.25, 0.3) is 16.9 Å². The molecule has 0 amide bonds. The van der Waals surface area contributed by atoms with Crippen molar-refractivity contribution in [2.45, 2.75) is 6.92 Å². The van der Waals surface area contributed by atoms with Crippen molar-refractivity contribution in [3.63, 3.8) is 0 Å². The first-order valence-corrected chi connectivity index (χ1v) is 8.55. The van der Waals surface area contributed by atoms with Gasteiger partial charge in [-0.15, -0.1) is 0 Å². The molecule has 0 fully saturated rings. The first kappa shape index (κ1) is 17.6. The van der Waals surface area contributed by atoms with E-state index in [0.717, 1.165) is 11.4 Å². The molecular weight excluding hydrogens is 359 g/mol. The van der Waals surface area contributed by atoms with Crippen LogP contribution >= 0.6 is 0 Å². The molecule has 0 bridgehead atoms. The number of aromatic nitrogens is 5. The number of hydrogen-bond donors (Lipinski definition) is 1. The Balaban J connectivity index is 1.54. The molecule has 0 aliphatic carbocycles. The fraction of sp³-hybridized carbons (Fsp3) is 0.100. The minimum atomic E-state index is -0.438. The Kier molecular flexibility index (Phi) is 4.67. The molecule has 2 aromatic carbocycles. The van der Waals surface area contributed by atoms with Gasteiger partial charge in [0.1, 0.15) is 12.2 Å². The van der Waals surface area contributed by atoms with Crippen LogP contribution in [-0.4, -0.2) is 31.8 Å². The number of methoxy groups -OCH3 is 1. The van der Waals surface area contributed by atoms with Gasteiger partial charge in [-0.1, -0.05) is 0 Å². The molecule has 2 aromatic heterocycles. The number of nitrogens with zero attached hydrogens (tertiary/aromatic N) is 5. The summed E-state index contributed by atoms with van der Waals surface area (Å²) in [7, 11) is 1.43. The molecule has 0 saturated heterocycles. The van der Waals surface area contributed by atoms with Gasteiger partial charge in [0.15, 0.2) is 11.6 Å². The topological polar surface area (TPSA) is 77.8 Å². The van der Waals surface area contributed by atoms with Gasteiger partial charge in [-0.3, -0.25) is 0 Å². The van der Waals surface area contributed by atoms with Crippen molar-refractivity contribution < 1.29 is 9.13 Å². The molecule has 0 unspecified atom stereocenters. The van der Waals surface area contributed by atoms with Gasteiger partial charge in [0, 0.05) is 17.4 Å². The molecule has 0 radical (unpaired) electrons. The standard InChI is InChI=1S/C20H17FN6O/c1-13-23-12-27(26-13)16-6-4-15(5-7-16)24-20-22-10-9-18(25-20)14-3-8-19(28-2)17(21)11-14/h3-12H,1-2H3,(H,22,24,25). The summed E-state index contributed by atoms with van der Waals surface area (Å²) in [5.41, 5.74) is 2.96. The van der Waals surface area contributed by atoms with E-state index in [-0.39, 0.29) is 5.75 Å². The predicted molar refractivity (Wildman–Crippen MR) is 103 cm³/mol. The summed E-state index contributed by atoms with van der Waals surface area (Å²) in [6, 6.07) is 14.1. The van der Waals surface area contributed by atoms with E-state index in [9.17, 15) is 4.39 Å². The first-order valence-electron chi connectivity index (χ1n) is 8.55. The van der Waals surface area contributed by atoms with Crippen LogP contribution in [0.2, 0.25) is 0 Å². The van der Waals surface area contributed by atoms with E-state index in [2.05, 4.69) is 25.4 Å². The molecule has 0 atom stereocenters. The lowest BCUT2D eigenvalue weighted by molar-refractivity contribution is 0.386. The monoisotopic (exact) mass is 376 g/mol. The molecule has 4 aromatic rings. The molecule has 0 aliphatic rings. The molecule has 8 heteroatoms. The van der Waals surface area contributed by atoms with Crippen LogP contribution in [0.15, 0.2) is 61.1 Å². The van der Waals surface area contributed by atoms with Crippen LogP contribution in [0.1, 0.15) is 5.82 Å². The number of benzene rings is 2. The van der Waals surface area contributed by atoms with Crippen molar-refractivity contribution in [2.24, 2.45) is 0 Å². The molecule has 1 N–H and O–H groups in total. The highest BCUT2D eigenvalue weighted by Crippen LogP contribution is 2.25. The SMILES string of the molecule is COc1ccc(-c2ccnc(Nc3ccc(-n4cnc(C)n4)cc3)n2)cc1F. The number of rotatable bonds is 5. The second kappa shape index (κ2) is 7.43. The van der Waals surface area contributed by atoms with Crippen LogP contribution < -0.4 is 10.1 Å². The Morgan fingerprint density at radius 2 is 1.86 bits per heavy atom. The summed E-state index contributed by atoms with van der Waals surface area (Å²) in [5.74, 6) is 0.881. The van der Waals surface area contributed by atoms with E-state index in [0.29, 0.717) is 23.0 Å². The Hall–Kier alpha value is -3.81. The molecule has 0 aliphatic heterocycles. The van der Waals surface area contributed by atoms with Crippen LogP contribution in [0.5, 0.6) is 5.75 Å². The number of hydrogen-bond acceptors (Lipinski definition) is 6. The number of aryl methyl sites for hydroxylation is 1. The van der Waals surface area contributed by atoms with Gasteiger partial charge in [0.2, 0.25) is 5.95 Å². The Morgan fingerprint density at radius 3 is 2.54 bits per heavy atom. The highest BCUT2D eigenvalue weighted by molar-refractivity contribution is 5.63. The molecule has 140 valence electrons. The summed E-state index contributed by atoms with van der Waals surface area (Å²) in [6.07, 6.45) is 3.29. The van der Waals surface area contributed by atoms with Gasteiger partial charge < -0.3 is 10.1 Å². The van der Waals surface area contributed by atoms with Gasteiger partial charge in [-0.25, -0.2) is 24.0 Å². The van der Waals surface area contributed by atoms with E-state index in [1.807, 2.05) is 31.2 Å². The third kappa shape index (κ3) is 3.66. The van der Waals surface area contributed by atoms with Crippen molar-refractivity contribution in [3.8, 4) is 22.7 Å². The van der Waals surface area contributed by atoms with Crippen molar-refractivity contribution in [2.75, 3.05) is 12.4 Å². The second-order valence-electron chi connectivity index (χ2n) is 6.02. The zero-order valence-corrected chi connectivity index (χ0v) is 15.3. The average molecular weight is 376 g/mol. The van der Waals surface area contributed by atoms with Crippen molar-refractivity contribution in [1.82, 2.24) is 24.7 Å². The maximum atomic E-state index is 14.0. The Labute approximate surface area is 160 Å². The fourth-order valence-corrected chi connectivity index (χ4v) is 2.70. The summed E-state index contributed by atoms with van der Waals surface area (Å²) in [5, 5.41) is 7.43. The fourth-order valence-electron chi connectivity index (χ4n) is 2.70. The minimum Gasteiger partial charge on any atom is -0.494 e. The van der Waals surface area contributed by atoms with Gasteiger partial charge in [-0.2, -0.15) is 5.10 Å². The van der Waals surface area contributed by atoms with Crippen LogP contribution in [0.4, 0.5) is 16.0 Å². The smallest absolute Gasteiger partial charge is 0.227 e. The van der Waals surface area contributed by atoms with Crippen LogP contribution in [0, 0.1) is 12.7 Å². The molecule has 7 nitrogen and oxygen atoms in total. The maximum absolute atomic E-state index is 14.0. The second-order valence-corrected chi connectivity index (χ2v) is 6.02. The molecule has 0 saturated carbocycles. The Morgan fingerprint density at radius 1 is 1.04 bits per heavy atom. The predicted octanol–water partition coefficient (Wildman–Crippen LogP) is 3.92. The molecule has 0 spiro atoms. The highest BCUT2D eigenvalue weighted by atomic mass is 19.1. The lowest BCUT2D eigenvalue weighted by Crippen LogP contribution is -1.99. The maximum Gasteiger partial charge on any atom is 0.227 e. The van der Waals surface area contributed by atoms with Gasteiger partial charge in [-0.05, 0) is 55.5 Å². The van der Waals surface area contributed by atoms with Gasteiger partial charge in [0.05, 0.1) is 18.5 Å². The lowest BCUT2D eigenvalue weighted by atomic mass is 10.1. The number of ether oxygens (including phenoxy) is 1. The third-order valence-electron chi connectivity index (χ3n) is 4.10. The first-order chi connectivity index (χ1) is 13.6. The highest BCUT2D eigenvalue weighted by Gasteiger charge is 2.08. The van der Waals surface area contributed by atoms with Crippen LogP contribution in [0.3, 0.4) is 0 Å². The number of anilines is 2. The molecule has 2 heterocycles. The van der Waals surface area contributed by atoms with Gasteiger partial charge in [0.25, 0.3) is 0 Å². The average Bonchev–Trinajstić information content (AvgIpc) is 3.15. The summed E-state index contributed by atoms with van der Waals surface area (Å²) < 4.78 is 20.6. The van der Waals surface area contributed by atoms with E-state index in [4.69, 9.17) is 4.74 Å². The lowest BCUT2D eigenvalue weighted by Gasteiger charge is -2.08. The minimum absolute atomic E-state index is 0.193. The summed E-state index contributed by atoms with van der Waals surface area (Å²) in [6.45, 7) is 1.84. The quantitative estimate of drug-likeness (QED) is 0.569. The van der Waals surface area contributed by atoms with Crippen LogP contribution in [-0.2, 0) is 0 Å². The zero-order valence-electron chi connectivity index (χ0n) is 15.3. The van der Waals surface area contributed by atoms with E-state index in [1.54, 1.807) is 35.4 Å². The molecule has 28 heavy (non-hydrogen) atoms. The van der Waals surface area contributed by atoms with E-state index >= 15 is 0 Å². The van der Waals surface area contributed by atoms with E-state index in [1.165, 1.54) is 13.2 Å². The zero-order chi connectivity index (χ0) is 19.5. The molecule has 4 rings (SSSR count). The molecular formula is C20H17FN6O.